The molecule has 2 aliphatic rings. The lowest BCUT2D eigenvalue weighted by molar-refractivity contribution is -0.117. The predicted octanol–water partition coefficient (Wildman–Crippen LogP) is 4.18. The number of rotatable bonds is 5. The minimum absolute atomic E-state index is 0.0700. The van der Waals surface area contributed by atoms with Gasteiger partial charge in [0.2, 0.25) is 5.91 Å². The number of carbonyl (C=O) groups excluding carboxylic acids is 1. The van der Waals surface area contributed by atoms with Crippen molar-refractivity contribution < 1.29 is 4.79 Å². The minimum Gasteiger partial charge on any atom is -0.382 e. The highest BCUT2D eigenvalue weighted by molar-refractivity contribution is 5.95. The molecule has 2 aliphatic carbocycles. The van der Waals surface area contributed by atoms with Gasteiger partial charge in [0, 0.05) is 35.7 Å². The highest BCUT2D eigenvalue weighted by Gasteiger charge is 2.44. The second-order valence-corrected chi connectivity index (χ2v) is 6.93. The smallest absolute Gasteiger partial charge is 0.228 e. The van der Waals surface area contributed by atoms with Crippen molar-refractivity contribution in [3.63, 3.8) is 0 Å². The molecule has 0 unspecified atom stereocenters. The summed E-state index contributed by atoms with van der Waals surface area (Å²) in [6.45, 7) is 0. The highest BCUT2D eigenvalue weighted by atomic mass is 16.2. The standard InChI is InChI=1S/C20H23N3O/c24-20(19-12-18(19)14-5-4-10-21-13-14)23-17-9-3-8-16(11-17)22-15-6-1-2-7-15/h3-5,8-11,13,15,18-19,22H,1-2,6-7,12H2,(H,23,24)/t18-,19-/m1/s1. The van der Waals surface area contributed by atoms with Gasteiger partial charge in [-0.15, -0.1) is 0 Å². The van der Waals surface area contributed by atoms with Crippen molar-refractivity contribution in [2.45, 2.75) is 44.1 Å². The number of carbonyl (C=O) groups is 1. The van der Waals surface area contributed by atoms with E-state index in [4.69, 9.17) is 0 Å². The molecular formula is C20H23N3O. The molecule has 1 heterocycles. The summed E-state index contributed by atoms with van der Waals surface area (Å²) in [6.07, 6.45) is 9.65. The van der Waals surface area contributed by atoms with Gasteiger partial charge in [0.25, 0.3) is 0 Å². The maximum Gasteiger partial charge on any atom is 0.228 e. The molecule has 2 fully saturated rings. The Hall–Kier alpha value is -2.36. The number of aromatic nitrogens is 1. The van der Waals surface area contributed by atoms with Crippen LogP contribution in [0.2, 0.25) is 0 Å². The summed E-state index contributed by atoms with van der Waals surface area (Å²) in [4.78, 5) is 16.6. The molecular weight excluding hydrogens is 298 g/mol. The Bertz CT molecular complexity index is 710. The Morgan fingerprint density at radius 3 is 2.71 bits per heavy atom. The van der Waals surface area contributed by atoms with Crippen molar-refractivity contribution in [2.75, 3.05) is 10.6 Å². The Morgan fingerprint density at radius 2 is 1.92 bits per heavy atom. The lowest BCUT2D eigenvalue weighted by Crippen LogP contribution is -2.16. The molecule has 1 amide bonds. The van der Waals surface area contributed by atoms with E-state index in [2.05, 4.69) is 27.8 Å². The van der Waals surface area contributed by atoms with Gasteiger partial charge in [-0.05, 0) is 55.0 Å². The number of benzene rings is 1. The van der Waals surface area contributed by atoms with Crippen LogP contribution in [0.5, 0.6) is 0 Å². The number of hydrogen-bond donors (Lipinski definition) is 2. The zero-order valence-electron chi connectivity index (χ0n) is 13.7. The molecule has 4 nitrogen and oxygen atoms in total. The molecule has 0 bridgehead atoms. The maximum atomic E-state index is 12.5. The zero-order valence-corrected chi connectivity index (χ0v) is 13.7. The van der Waals surface area contributed by atoms with Gasteiger partial charge < -0.3 is 10.6 Å². The molecule has 2 N–H and O–H groups in total. The molecule has 0 spiro atoms. The summed E-state index contributed by atoms with van der Waals surface area (Å²) in [6, 6.07) is 12.6. The van der Waals surface area contributed by atoms with Crippen molar-refractivity contribution in [1.29, 1.82) is 0 Å². The lowest BCUT2D eigenvalue weighted by Gasteiger charge is -2.14. The third kappa shape index (κ3) is 3.42. The van der Waals surface area contributed by atoms with E-state index in [1.165, 1.54) is 25.7 Å². The average molecular weight is 321 g/mol. The van der Waals surface area contributed by atoms with Crippen LogP contribution < -0.4 is 10.6 Å². The van der Waals surface area contributed by atoms with Crippen molar-refractivity contribution >= 4 is 17.3 Å². The van der Waals surface area contributed by atoms with E-state index >= 15 is 0 Å². The second-order valence-electron chi connectivity index (χ2n) is 6.93. The SMILES string of the molecule is O=C(Nc1cccc(NC2CCCC2)c1)[C@@H]1C[C@@H]1c1cccnc1. The third-order valence-electron chi connectivity index (χ3n) is 5.10. The topological polar surface area (TPSA) is 54.0 Å². The summed E-state index contributed by atoms with van der Waals surface area (Å²) in [5.41, 5.74) is 3.13. The van der Waals surface area contributed by atoms with Gasteiger partial charge in [0.1, 0.15) is 0 Å². The number of nitrogens with zero attached hydrogens (tertiary/aromatic N) is 1. The van der Waals surface area contributed by atoms with Crippen molar-refractivity contribution in [3.8, 4) is 0 Å². The second kappa shape index (κ2) is 6.63. The average Bonchev–Trinajstić information content (AvgIpc) is 3.26. The molecule has 4 heteroatoms. The Balaban J connectivity index is 1.36. The third-order valence-corrected chi connectivity index (χ3v) is 5.10. The fraction of sp³-hybridized carbons (Fsp3) is 0.400. The Morgan fingerprint density at radius 1 is 1.08 bits per heavy atom. The van der Waals surface area contributed by atoms with E-state index in [-0.39, 0.29) is 11.8 Å². The molecule has 1 aromatic carbocycles. The van der Waals surface area contributed by atoms with Gasteiger partial charge in [-0.3, -0.25) is 9.78 Å². The zero-order chi connectivity index (χ0) is 16.4. The van der Waals surface area contributed by atoms with E-state index < -0.39 is 0 Å². The first-order valence-electron chi connectivity index (χ1n) is 8.87. The highest BCUT2D eigenvalue weighted by Crippen LogP contribution is 2.47. The molecule has 24 heavy (non-hydrogen) atoms. The maximum absolute atomic E-state index is 12.5. The fourth-order valence-electron chi connectivity index (χ4n) is 3.68. The summed E-state index contributed by atoms with van der Waals surface area (Å²) in [5, 5.41) is 6.64. The van der Waals surface area contributed by atoms with Gasteiger partial charge in [-0.25, -0.2) is 0 Å². The molecule has 1 aromatic heterocycles. The van der Waals surface area contributed by atoms with Crippen LogP contribution in [0.1, 0.15) is 43.6 Å². The van der Waals surface area contributed by atoms with Crippen molar-refractivity contribution in [3.05, 3.63) is 54.4 Å². The van der Waals surface area contributed by atoms with E-state index in [9.17, 15) is 4.79 Å². The number of anilines is 2. The molecule has 2 saturated carbocycles. The number of hydrogen-bond acceptors (Lipinski definition) is 3. The van der Waals surface area contributed by atoms with Crippen molar-refractivity contribution in [2.24, 2.45) is 5.92 Å². The quantitative estimate of drug-likeness (QED) is 0.868. The van der Waals surface area contributed by atoms with Crippen LogP contribution in [0, 0.1) is 5.92 Å². The van der Waals surface area contributed by atoms with Gasteiger partial charge in [-0.1, -0.05) is 25.0 Å². The van der Waals surface area contributed by atoms with Crippen LogP contribution >= 0.6 is 0 Å². The normalized spacial score (nSPS) is 23.0. The van der Waals surface area contributed by atoms with Crippen LogP contribution in [0.25, 0.3) is 0 Å². The summed E-state index contributed by atoms with van der Waals surface area (Å²) < 4.78 is 0. The Labute approximate surface area is 142 Å². The summed E-state index contributed by atoms with van der Waals surface area (Å²) in [5.74, 6) is 0.501. The molecule has 0 saturated heterocycles. The fourth-order valence-corrected chi connectivity index (χ4v) is 3.68. The van der Waals surface area contributed by atoms with Crippen LogP contribution in [-0.4, -0.2) is 16.9 Å². The number of nitrogens with one attached hydrogen (secondary N) is 2. The van der Waals surface area contributed by atoms with E-state index in [0.29, 0.717) is 12.0 Å². The molecule has 2 aromatic rings. The van der Waals surface area contributed by atoms with Crippen LogP contribution in [0.4, 0.5) is 11.4 Å². The molecule has 0 aliphatic heterocycles. The van der Waals surface area contributed by atoms with Gasteiger partial charge in [0.05, 0.1) is 0 Å². The van der Waals surface area contributed by atoms with E-state index in [1.807, 2.05) is 30.5 Å². The number of pyridine rings is 1. The first-order valence-corrected chi connectivity index (χ1v) is 8.87. The largest absolute Gasteiger partial charge is 0.382 e. The summed E-state index contributed by atoms with van der Waals surface area (Å²) >= 11 is 0. The van der Waals surface area contributed by atoms with Crippen LogP contribution in [0.15, 0.2) is 48.8 Å². The van der Waals surface area contributed by atoms with E-state index in [0.717, 1.165) is 23.4 Å². The number of amides is 1. The monoisotopic (exact) mass is 321 g/mol. The molecule has 2 atom stereocenters. The first-order chi connectivity index (χ1) is 11.8. The van der Waals surface area contributed by atoms with Crippen molar-refractivity contribution in [1.82, 2.24) is 4.98 Å². The predicted molar refractivity (Wildman–Crippen MR) is 96.0 cm³/mol. The lowest BCUT2D eigenvalue weighted by atomic mass is 10.1. The summed E-state index contributed by atoms with van der Waals surface area (Å²) in [7, 11) is 0. The van der Waals surface area contributed by atoms with Gasteiger partial charge >= 0.3 is 0 Å². The van der Waals surface area contributed by atoms with Gasteiger partial charge in [0.15, 0.2) is 0 Å². The molecule has 4 rings (SSSR count). The first kappa shape index (κ1) is 15.2. The van der Waals surface area contributed by atoms with Crippen LogP contribution in [0.3, 0.4) is 0 Å². The minimum atomic E-state index is 0.0700. The van der Waals surface area contributed by atoms with E-state index in [1.54, 1.807) is 6.20 Å². The Kier molecular flexibility index (Phi) is 4.20. The molecule has 0 radical (unpaired) electrons. The molecule has 124 valence electrons. The van der Waals surface area contributed by atoms with Gasteiger partial charge in [-0.2, -0.15) is 0 Å². The van der Waals surface area contributed by atoms with Crippen LogP contribution in [-0.2, 0) is 4.79 Å².